The molecule has 0 radical (unpaired) electrons. The van der Waals surface area contributed by atoms with Gasteiger partial charge in [-0.3, -0.25) is 14.9 Å². The summed E-state index contributed by atoms with van der Waals surface area (Å²) in [6, 6.07) is 3.48. The predicted molar refractivity (Wildman–Crippen MR) is 70.3 cm³/mol. The highest BCUT2D eigenvalue weighted by atomic mass is 16.5. The van der Waals surface area contributed by atoms with Gasteiger partial charge in [0.2, 0.25) is 0 Å². The molecule has 2 aromatic rings. The number of ether oxygens (including phenoxy) is 1. The molecular weight excluding hydrogens is 244 g/mol. The van der Waals surface area contributed by atoms with Crippen LogP contribution < -0.4 is 5.73 Å². The quantitative estimate of drug-likeness (QED) is 0.794. The van der Waals surface area contributed by atoms with E-state index in [2.05, 4.69) is 15.2 Å². The van der Waals surface area contributed by atoms with Gasteiger partial charge >= 0.3 is 0 Å². The van der Waals surface area contributed by atoms with Crippen LogP contribution in [-0.2, 0) is 16.0 Å². The second-order valence-corrected chi connectivity index (χ2v) is 4.32. The fraction of sp³-hybridized carbons (Fsp3) is 0.308. The van der Waals surface area contributed by atoms with Crippen LogP contribution in [0.15, 0.2) is 18.3 Å². The lowest BCUT2D eigenvalue weighted by atomic mass is 10.0. The smallest absolute Gasteiger partial charge is 0.293 e. The second kappa shape index (κ2) is 5.51. The van der Waals surface area contributed by atoms with Gasteiger partial charge in [-0.25, -0.2) is 0 Å². The number of hydrogen-bond acceptors (Lipinski definition) is 5. The van der Waals surface area contributed by atoms with E-state index >= 15 is 0 Å². The summed E-state index contributed by atoms with van der Waals surface area (Å²) in [6.07, 6.45) is 1.62. The molecule has 0 saturated carbocycles. The van der Waals surface area contributed by atoms with Gasteiger partial charge in [0.15, 0.2) is 0 Å². The molecule has 1 unspecified atom stereocenters. The number of carbonyl (C=O) groups excluding carboxylic acids is 1. The number of nitrogens with two attached hydrogens (primary N) is 1. The van der Waals surface area contributed by atoms with E-state index in [4.69, 9.17) is 10.5 Å². The number of nitrogen functional groups attached to an aromatic ring is 1. The van der Waals surface area contributed by atoms with Crippen molar-refractivity contribution in [1.29, 1.82) is 0 Å². The first kappa shape index (κ1) is 13.1. The predicted octanol–water partition coefficient (Wildman–Crippen LogP) is 1.46. The van der Waals surface area contributed by atoms with Gasteiger partial charge in [-0.1, -0.05) is 0 Å². The largest absolute Gasteiger partial charge is 0.458 e. The fourth-order valence-corrected chi connectivity index (χ4v) is 2.04. The zero-order valence-corrected chi connectivity index (χ0v) is 10.9. The fourth-order valence-electron chi connectivity index (χ4n) is 2.04. The number of carbonyl (C=O) groups is 1. The third-order valence-electron chi connectivity index (χ3n) is 3.07. The molecule has 0 saturated heterocycles. The summed E-state index contributed by atoms with van der Waals surface area (Å²) in [5.74, 6) is 0. The van der Waals surface area contributed by atoms with E-state index in [1.54, 1.807) is 18.3 Å². The van der Waals surface area contributed by atoms with Gasteiger partial charge in [0.1, 0.15) is 11.8 Å². The Bertz CT molecular complexity index is 560. The van der Waals surface area contributed by atoms with Crippen LogP contribution in [0, 0.1) is 13.8 Å². The summed E-state index contributed by atoms with van der Waals surface area (Å²) in [5.41, 5.74) is 9.79. The number of anilines is 1. The Hall–Kier alpha value is -2.37. The molecular formula is C13H16N4O2. The molecule has 2 rings (SSSR count). The molecule has 2 aromatic heterocycles. The zero-order valence-electron chi connectivity index (χ0n) is 10.9. The van der Waals surface area contributed by atoms with Gasteiger partial charge in [0, 0.05) is 18.3 Å². The molecule has 0 aliphatic carbocycles. The molecule has 0 aromatic carbocycles. The molecule has 6 heteroatoms. The van der Waals surface area contributed by atoms with Crippen molar-refractivity contribution in [2.75, 3.05) is 5.73 Å². The Labute approximate surface area is 111 Å². The second-order valence-electron chi connectivity index (χ2n) is 4.32. The Kier molecular flexibility index (Phi) is 3.79. The number of nitrogens with zero attached hydrogens (tertiary/aromatic N) is 2. The molecule has 0 spiro atoms. The van der Waals surface area contributed by atoms with Crippen molar-refractivity contribution in [2.24, 2.45) is 0 Å². The van der Waals surface area contributed by atoms with Crippen molar-refractivity contribution in [3.63, 3.8) is 0 Å². The number of hydrogen-bond donors (Lipinski definition) is 2. The Morgan fingerprint density at radius 3 is 2.89 bits per heavy atom. The number of aromatic nitrogens is 3. The number of aromatic amines is 1. The van der Waals surface area contributed by atoms with Crippen LogP contribution in [0.4, 0.5) is 5.69 Å². The van der Waals surface area contributed by atoms with E-state index in [0.717, 1.165) is 17.0 Å². The standard InChI is InChI=1S/C13H16N4O2/c1-8-10(9(2)17-16-8)6-12(19-7-18)13-11(14)4-3-5-15-13/h3-5,7,12H,6,14H2,1-2H3,(H,16,17). The molecule has 3 N–H and O–H groups in total. The number of rotatable bonds is 5. The van der Waals surface area contributed by atoms with Crippen molar-refractivity contribution < 1.29 is 9.53 Å². The highest BCUT2D eigenvalue weighted by molar-refractivity contribution is 5.46. The maximum atomic E-state index is 10.7. The lowest BCUT2D eigenvalue weighted by molar-refractivity contribution is -0.134. The molecule has 0 aliphatic heterocycles. The van der Waals surface area contributed by atoms with Crippen molar-refractivity contribution in [2.45, 2.75) is 26.4 Å². The minimum atomic E-state index is -0.506. The number of nitrogens with one attached hydrogen (secondary N) is 1. The van der Waals surface area contributed by atoms with E-state index in [0.29, 0.717) is 24.3 Å². The Morgan fingerprint density at radius 2 is 2.32 bits per heavy atom. The Balaban J connectivity index is 2.32. The third kappa shape index (κ3) is 2.73. The normalized spacial score (nSPS) is 12.1. The SMILES string of the molecule is Cc1n[nH]c(C)c1CC(OC=O)c1ncccc1N. The number of H-pyrrole nitrogens is 1. The maximum absolute atomic E-state index is 10.7. The van der Waals surface area contributed by atoms with E-state index in [1.807, 2.05) is 13.8 Å². The van der Waals surface area contributed by atoms with Crippen molar-refractivity contribution in [1.82, 2.24) is 15.2 Å². The zero-order chi connectivity index (χ0) is 13.8. The summed E-state index contributed by atoms with van der Waals surface area (Å²) < 4.78 is 5.13. The van der Waals surface area contributed by atoms with Crippen LogP contribution in [-0.4, -0.2) is 21.7 Å². The van der Waals surface area contributed by atoms with E-state index in [-0.39, 0.29) is 0 Å². The van der Waals surface area contributed by atoms with Gasteiger partial charge in [-0.2, -0.15) is 5.10 Å². The Morgan fingerprint density at radius 1 is 1.53 bits per heavy atom. The van der Waals surface area contributed by atoms with Crippen LogP contribution >= 0.6 is 0 Å². The molecule has 2 heterocycles. The monoisotopic (exact) mass is 260 g/mol. The van der Waals surface area contributed by atoms with Crippen molar-refractivity contribution in [3.8, 4) is 0 Å². The number of pyridine rings is 1. The molecule has 0 bridgehead atoms. The van der Waals surface area contributed by atoms with Gasteiger partial charge in [0.25, 0.3) is 6.47 Å². The minimum Gasteiger partial charge on any atom is -0.458 e. The average Bonchev–Trinajstić information content (AvgIpc) is 2.70. The first-order valence-electron chi connectivity index (χ1n) is 5.93. The topological polar surface area (TPSA) is 93.9 Å². The van der Waals surface area contributed by atoms with Gasteiger partial charge in [-0.15, -0.1) is 0 Å². The van der Waals surface area contributed by atoms with Gasteiger partial charge in [0.05, 0.1) is 11.4 Å². The molecule has 0 amide bonds. The van der Waals surface area contributed by atoms with Crippen LogP contribution in [0.3, 0.4) is 0 Å². The summed E-state index contributed by atoms with van der Waals surface area (Å²) in [6.45, 7) is 4.25. The first-order valence-corrected chi connectivity index (χ1v) is 5.93. The average molecular weight is 260 g/mol. The molecule has 1 atom stereocenters. The molecule has 19 heavy (non-hydrogen) atoms. The van der Waals surface area contributed by atoms with Crippen molar-refractivity contribution >= 4 is 12.2 Å². The summed E-state index contributed by atoms with van der Waals surface area (Å²) >= 11 is 0. The van der Waals surface area contributed by atoms with Crippen LogP contribution in [0.2, 0.25) is 0 Å². The van der Waals surface area contributed by atoms with Crippen molar-refractivity contribution in [3.05, 3.63) is 41.0 Å². The minimum absolute atomic E-state index is 0.420. The van der Waals surface area contributed by atoms with Gasteiger partial charge < -0.3 is 10.5 Å². The summed E-state index contributed by atoms with van der Waals surface area (Å²) in [4.78, 5) is 14.9. The molecule has 100 valence electrons. The molecule has 0 fully saturated rings. The van der Waals surface area contributed by atoms with Crippen LogP contribution in [0.1, 0.15) is 28.7 Å². The lowest BCUT2D eigenvalue weighted by Crippen LogP contribution is -2.12. The summed E-state index contributed by atoms with van der Waals surface area (Å²) in [5, 5.41) is 7.03. The lowest BCUT2D eigenvalue weighted by Gasteiger charge is -2.16. The number of aryl methyl sites for hydroxylation is 2. The van der Waals surface area contributed by atoms with E-state index in [9.17, 15) is 4.79 Å². The van der Waals surface area contributed by atoms with Gasteiger partial charge in [-0.05, 0) is 31.5 Å². The molecule has 0 aliphatic rings. The third-order valence-corrected chi connectivity index (χ3v) is 3.07. The van der Waals surface area contributed by atoms with Crippen LogP contribution in [0.5, 0.6) is 0 Å². The van der Waals surface area contributed by atoms with Crippen LogP contribution in [0.25, 0.3) is 0 Å². The van der Waals surface area contributed by atoms with E-state index in [1.165, 1.54) is 0 Å². The first-order chi connectivity index (χ1) is 9.13. The highest BCUT2D eigenvalue weighted by Gasteiger charge is 2.20. The van der Waals surface area contributed by atoms with E-state index < -0.39 is 6.10 Å². The maximum Gasteiger partial charge on any atom is 0.293 e. The molecule has 6 nitrogen and oxygen atoms in total. The summed E-state index contributed by atoms with van der Waals surface area (Å²) in [7, 11) is 0. The highest BCUT2D eigenvalue weighted by Crippen LogP contribution is 2.26.